The Kier molecular flexibility index (Phi) is 6.22. The number of para-hydroxylation sites is 1. The summed E-state index contributed by atoms with van der Waals surface area (Å²) in [6, 6.07) is 13.5. The fourth-order valence-corrected chi connectivity index (χ4v) is 4.50. The van der Waals surface area contributed by atoms with Gasteiger partial charge in [0.25, 0.3) is 5.91 Å². The summed E-state index contributed by atoms with van der Waals surface area (Å²) in [5.74, 6) is 0.612. The van der Waals surface area contributed by atoms with Crippen molar-refractivity contribution in [2.24, 2.45) is 5.92 Å². The van der Waals surface area contributed by atoms with Gasteiger partial charge in [-0.3, -0.25) is 9.78 Å². The third kappa shape index (κ3) is 4.77. The molecule has 0 bridgehead atoms. The summed E-state index contributed by atoms with van der Waals surface area (Å²) in [6.45, 7) is 6.13. The zero-order chi connectivity index (χ0) is 23.5. The number of fused-ring (bicyclic) bond motifs is 1. The maximum Gasteiger partial charge on any atom is 0.256 e. The number of carbonyl (C=O) groups excluding carboxylic acids is 1. The number of nitrogens with zero attached hydrogens (tertiary/aromatic N) is 5. The lowest BCUT2D eigenvalue weighted by molar-refractivity contribution is 0.0738. The molecule has 1 N–H and O–H groups in total. The van der Waals surface area contributed by atoms with E-state index in [2.05, 4.69) is 30.7 Å². The minimum absolute atomic E-state index is 0.0307. The molecule has 174 valence electrons. The fraction of sp³-hybridized carbons (Fsp3) is 0.308. The van der Waals surface area contributed by atoms with Gasteiger partial charge in [0.1, 0.15) is 0 Å². The first-order valence-electron chi connectivity index (χ1n) is 11.5. The first-order chi connectivity index (χ1) is 16.6. The summed E-state index contributed by atoms with van der Waals surface area (Å²) < 4.78 is 7.95. The molecule has 4 heterocycles. The van der Waals surface area contributed by atoms with E-state index < -0.39 is 0 Å². The molecule has 0 spiro atoms. The van der Waals surface area contributed by atoms with Gasteiger partial charge in [0.15, 0.2) is 0 Å². The lowest BCUT2D eigenvalue weighted by atomic mass is 10.0. The van der Waals surface area contributed by atoms with Crippen molar-refractivity contribution in [3.8, 4) is 0 Å². The molecule has 3 aromatic heterocycles. The molecule has 1 aromatic carbocycles. The van der Waals surface area contributed by atoms with Crippen molar-refractivity contribution in [2.45, 2.75) is 20.3 Å². The summed E-state index contributed by atoms with van der Waals surface area (Å²) in [5.41, 5.74) is 5.14. The van der Waals surface area contributed by atoms with Crippen LogP contribution < -0.4 is 5.32 Å². The predicted molar refractivity (Wildman–Crippen MR) is 130 cm³/mol. The average Bonchev–Trinajstić information content (AvgIpc) is 3.18. The molecule has 8 nitrogen and oxygen atoms in total. The van der Waals surface area contributed by atoms with Crippen LogP contribution in [0.1, 0.15) is 27.4 Å². The number of hydrogen-bond donors (Lipinski definition) is 1. The van der Waals surface area contributed by atoms with Crippen molar-refractivity contribution < 1.29 is 9.53 Å². The highest BCUT2D eigenvalue weighted by Gasteiger charge is 2.26. The number of nitrogens with one attached hydrogen (secondary N) is 1. The van der Waals surface area contributed by atoms with Crippen LogP contribution in [0, 0.1) is 19.8 Å². The van der Waals surface area contributed by atoms with Gasteiger partial charge in [-0.15, -0.1) is 0 Å². The Morgan fingerprint density at radius 3 is 2.79 bits per heavy atom. The van der Waals surface area contributed by atoms with Gasteiger partial charge in [-0.25, -0.2) is 9.97 Å². The topological polar surface area (TPSA) is 84.7 Å². The number of rotatable bonds is 5. The summed E-state index contributed by atoms with van der Waals surface area (Å²) in [7, 11) is 0. The number of ether oxygens (including phenoxy) is 1. The largest absolute Gasteiger partial charge is 0.379 e. The molecule has 34 heavy (non-hydrogen) atoms. The lowest BCUT2D eigenvalue weighted by Crippen LogP contribution is -2.36. The zero-order valence-electron chi connectivity index (χ0n) is 19.4. The molecule has 8 heteroatoms. The quantitative estimate of drug-likeness (QED) is 0.492. The number of benzene rings is 1. The van der Waals surface area contributed by atoms with Crippen LogP contribution in [0.2, 0.25) is 0 Å². The number of aryl methyl sites for hydroxylation is 2. The molecule has 0 saturated carbocycles. The van der Waals surface area contributed by atoms with E-state index in [4.69, 9.17) is 4.74 Å². The van der Waals surface area contributed by atoms with Crippen molar-refractivity contribution in [2.75, 3.05) is 31.6 Å². The van der Waals surface area contributed by atoms with Crippen LogP contribution in [0.25, 0.3) is 5.52 Å². The third-order valence-corrected chi connectivity index (χ3v) is 6.03. The average molecular weight is 457 g/mol. The number of anilines is 2. The maximum absolute atomic E-state index is 13.6. The monoisotopic (exact) mass is 456 g/mol. The molecule has 0 radical (unpaired) electrons. The van der Waals surface area contributed by atoms with Crippen LogP contribution in [-0.4, -0.2) is 56.5 Å². The highest BCUT2D eigenvalue weighted by molar-refractivity contribution is 6.00. The van der Waals surface area contributed by atoms with Crippen LogP contribution in [0.4, 0.5) is 11.6 Å². The predicted octanol–water partition coefficient (Wildman–Crippen LogP) is 3.82. The second kappa shape index (κ2) is 9.61. The molecule has 1 aliphatic rings. The van der Waals surface area contributed by atoms with Gasteiger partial charge in [0.2, 0.25) is 5.95 Å². The van der Waals surface area contributed by atoms with E-state index in [-0.39, 0.29) is 11.8 Å². The first-order valence-corrected chi connectivity index (χ1v) is 11.5. The van der Waals surface area contributed by atoms with Crippen LogP contribution in [0.15, 0.2) is 61.1 Å². The van der Waals surface area contributed by atoms with E-state index in [1.54, 1.807) is 0 Å². The molecule has 0 aliphatic carbocycles. The smallest absolute Gasteiger partial charge is 0.256 e. The van der Waals surface area contributed by atoms with E-state index in [9.17, 15) is 4.79 Å². The molecular formula is C26H28N6O2. The van der Waals surface area contributed by atoms with Gasteiger partial charge >= 0.3 is 0 Å². The second-order valence-electron chi connectivity index (χ2n) is 8.72. The molecule has 4 aromatic rings. The second-order valence-corrected chi connectivity index (χ2v) is 8.72. The standard InChI is InChI=1S/C26H28N6O2/c1-18-14-19(2)29-26(28-18)30-22-7-4-3-6-21(22)25(33)32-12-13-34-17-20(16-32)15-23-24-8-5-10-31(24)11-9-27-23/h3-11,14,20H,12-13,15-17H2,1-2H3,(H,28,29,30). The minimum Gasteiger partial charge on any atom is -0.379 e. The highest BCUT2D eigenvalue weighted by Crippen LogP contribution is 2.23. The zero-order valence-corrected chi connectivity index (χ0v) is 19.4. The highest BCUT2D eigenvalue weighted by atomic mass is 16.5. The van der Waals surface area contributed by atoms with Gasteiger partial charge in [-0.05, 0) is 50.6 Å². The molecule has 1 aliphatic heterocycles. The lowest BCUT2D eigenvalue weighted by Gasteiger charge is -2.25. The Balaban J connectivity index is 1.36. The number of carbonyl (C=O) groups is 1. The van der Waals surface area contributed by atoms with E-state index in [0.717, 1.165) is 29.0 Å². The molecule has 1 fully saturated rings. The molecule has 5 rings (SSSR count). The Morgan fingerprint density at radius 2 is 1.94 bits per heavy atom. The number of amides is 1. The van der Waals surface area contributed by atoms with Gasteiger partial charge in [0.05, 0.1) is 35.7 Å². The SMILES string of the molecule is Cc1cc(C)nc(Nc2ccccc2C(=O)N2CCOCC(Cc3nccn4cccc34)C2)n1. The molecular weight excluding hydrogens is 428 g/mol. The van der Waals surface area contributed by atoms with Crippen molar-refractivity contribution in [1.82, 2.24) is 24.3 Å². The Morgan fingerprint density at radius 1 is 1.12 bits per heavy atom. The van der Waals surface area contributed by atoms with E-state index in [0.29, 0.717) is 43.5 Å². The van der Waals surface area contributed by atoms with Gasteiger partial charge < -0.3 is 19.4 Å². The fourth-order valence-electron chi connectivity index (χ4n) is 4.50. The van der Waals surface area contributed by atoms with Crippen molar-refractivity contribution in [1.29, 1.82) is 0 Å². The molecule has 1 unspecified atom stereocenters. The third-order valence-electron chi connectivity index (χ3n) is 6.03. The summed E-state index contributed by atoms with van der Waals surface area (Å²) in [6.07, 6.45) is 6.53. The van der Waals surface area contributed by atoms with Crippen LogP contribution in [0.3, 0.4) is 0 Å². The van der Waals surface area contributed by atoms with Crippen molar-refractivity contribution >= 4 is 23.1 Å². The van der Waals surface area contributed by atoms with Gasteiger partial charge in [-0.2, -0.15) is 0 Å². The molecule has 1 atom stereocenters. The van der Waals surface area contributed by atoms with Crippen LogP contribution in [0.5, 0.6) is 0 Å². The number of aromatic nitrogens is 4. The maximum atomic E-state index is 13.6. The van der Waals surface area contributed by atoms with Crippen molar-refractivity contribution in [3.63, 3.8) is 0 Å². The normalized spacial score (nSPS) is 16.4. The Bertz CT molecular complexity index is 1300. The van der Waals surface area contributed by atoms with Gasteiger partial charge in [-0.1, -0.05) is 12.1 Å². The summed E-state index contributed by atoms with van der Waals surface area (Å²) >= 11 is 0. The van der Waals surface area contributed by atoms with E-state index in [1.807, 2.05) is 73.7 Å². The van der Waals surface area contributed by atoms with Crippen LogP contribution >= 0.6 is 0 Å². The Labute approximate surface area is 198 Å². The summed E-state index contributed by atoms with van der Waals surface area (Å²) in [5, 5.41) is 3.24. The minimum atomic E-state index is -0.0307. The number of hydrogen-bond acceptors (Lipinski definition) is 6. The molecule has 1 saturated heterocycles. The van der Waals surface area contributed by atoms with E-state index in [1.165, 1.54) is 0 Å². The summed E-state index contributed by atoms with van der Waals surface area (Å²) in [4.78, 5) is 29.0. The Hall–Kier alpha value is -3.78. The van der Waals surface area contributed by atoms with E-state index >= 15 is 0 Å². The van der Waals surface area contributed by atoms with Gasteiger partial charge in [0, 0.05) is 49.0 Å². The van der Waals surface area contributed by atoms with Crippen molar-refractivity contribution in [3.05, 3.63) is 83.7 Å². The first kappa shape index (κ1) is 22.0. The van der Waals surface area contributed by atoms with Crippen LogP contribution in [-0.2, 0) is 11.2 Å². The molecule has 1 amide bonds.